The third-order valence-electron chi connectivity index (χ3n) is 27.0. The molecule has 0 spiro atoms. The molecule has 28 rings (SSSR count). The Bertz CT molecular complexity index is 9340. The average molecular weight is 1810 g/mol. The van der Waals surface area contributed by atoms with Gasteiger partial charge in [-0.3, -0.25) is 54.8 Å². The van der Waals surface area contributed by atoms with Crippen LogP contribution >= 0.6 is 0 Å². The lowest BCUT2D eigenvalue weighted by atomic mass is 9.82. The monoisotopic (exact) mass is 1800 g/mol. The summed E-state index contributed by atoms with van der Waals surface area (Å²) in [6.07, 6.45) is 20.0. The molecule has 0 amide bonds. The Kier molecular flexibility index (Phi) is 20.1. The van der Waals surface area contributed by atoms with Gasteiger partial charge in [-0.25, -0.2) is 34.9 Å². The zero-order chi connectivity index (χ0) is 93.6. The lowest BCUT2D eigenvalue weighted by Gasteiger charge is -2.21. The Hall–Kier alpha value is -19.2. The molecule has 11 aromatic carbocycles. The summed E-state index contributed by atoms with van der Waals surface area (Å²) in [5.74, 6) is 1.73. The molecule has 141 heavy (non-hydrogen) atoms. The van der Waals surface area contributed by atoms with E-state index in [0.29, 0.717) is 17.5 Å². The van der Waals surface area contributed by atoms with Crippen LogP contribution in [0.25, 0.3) is 266 Å². The quantitative estimate of drug-likeness (QED) is 0.110. The fraction of sp³-hybridized carbons (Fsp3) is 0.0244. The van der Waals surface area contributed by atoms with E-state index < -0.39 is 0 Å². The first kappa shape index (κ1) is 82.5. The van der Waals surface area contributed by atoms with E-state index in [0.717, 1.165) is 226 Å². The Morgan fingerprint density at radius 3 is 0.908 bits per heavy atom. The summed E-state index contributed by atoms with van der Waals surface area (Å²) in [5.41, 5.74) is 33.3. The van der Waals surface area contributed by atoms with Gasteiger partial charge < -0.3 is 0 Å². The van der Waals surface area contributed by atoms with Crippen LogP contribution < -0.4 is 0 Å². The minimum atomic E-state index is -0.161. The Morgan fingerprint density at radius 1 is 0.149 bits per heavy atom. The van der Waals surface area contributed by atoms with Crippen molar-refractivity contribution in [1.29, 1.82) is 0 Å². The van der Waals surface area contributed by atoms with Crippen molar-refractivity contribution in [3.05, 3.63) is 437 Å². The van der Waals surface area contributed by atoms with E-state index in [1.807, 2.05) is 153 Å². The number of aromatic nitrogens is 18. The third-order valence-corrected chi connectivity index (χ3v) is 27.0. The van der Waals surface area contributed by atoms with Crippen LogP contribution in [0.5, 0.6) is 0 Å². The van der Waals surface area contributed by atoms with Gasteiger partial charge in [0.2, 0.25) is 0 Å². The standard InChI is InChI=1S/C42H27N7.C41H25N5.C40H24N6/c1-42(2)33-10-4-3-9-27(33)28-14-13-26(23-34(28)42)39-47-40(31-17-21-45-37-29(31)15-11-24-7-5-19-43-35(24)37)49-41(48-39)32-18-22-46-38-30(32)16-12-25-8-6-20-44-36(25)38;1-2-6-26(7-3-1)27-10-12-28(13-11-27)31-24-36(32-18-22-44-40-34(32)16-14-29-8-4-20-42-38(29)40)46-37(25-31)33-19-23-45-41-35(33)17-15-30-9-5-21-43-39(30)41;1-2-20-41-32(7-1)26-10-8-25(9-11-26)31-23-35(33-18-16-29-14-12-27-5-3-21-42-37(27)39(29)45-33)44-36(24-31)34-19-17-30-15-13-28-6-4-22-43-38(28)40(30)46-34/h3-23H,1-2H3;1-25H;1-24H. The van der Waals surface area contributed by atoms with Crippen molar-refractivity contribution in [1.82, 2.24) is 89.7 Å². The first-order valence-corrected chi connectivity index (χ1v) is 46.7. The molecule has 18 nitrogen and oxygen atoms in total. The van der Waals surface area contributed by atoms with Crippen LogP contribution in [-0.4, -0.2) is 89.7 Å². The third kappa shape index (κ3) is 14.9. The Balaban J connectivity index is 0.000000109. The highest BCUT2D eigenvalue weighted by Gasteiger charge is 2.36. The van der Waals surface area contributed by atoms with Crippen molar-refractivity contribution in [3.63, 3.8) is 0 Å². The van der Waals surface area contributed by atoms with Gasteiger partial charge in [-0.1, -0.05) is 257 Å². The fourth-order valence-corrected chi connectivity index (χ4v) is 20.0. The van der Waals surface area contributed by atoms with Crippen LogP contribution in [0.4, 0.5) is 0 Å². The minimum Gasteiger partial charge on any atom is -0.256 e. The van der Waals surface area contributed by atoms with Crippen molar-refractivity contribution in [3.8, 4) is 135 Å². The van der Waals surface area contributed by atoms with Crippen LogP contribution in [0.3, 0.4) is 0 Å². The first-order chi connectivity index (χ1) is 69.6. The highest BCUT2D eigenvalue weighted by atomic mass is 15.0. The largest absolute Gasteiger partial charge is 0.256 e. The first-order valence-electron chi connectivity index (χ1n) is 46.7. The number of nitrogens with zero attached hydrogens (tertiary/aromatic N) is 18. The van der Waals surface area contributed by atoms with E-state index in [4.69, 9.17) is 54.8 Å². The smallest absolute Gasteiger partial charge is 0.164 e. The summed E-state index contributed by atoms with van der Waals surface area (Å²) in [7, 11) is 0. The maximum absolute atomic E-state index is 5.33. The normalized spacial score (nSPS) is 12.1. The number of hydrogen-bond acceptors (Lipinski definition) is 18. The summed E-state index contributed by atoms with van der Waals surface area (Å²) < 4.78 is 0. The van der Waals surface area contributed by atoms with Crippen molar-refractivity contribution >= 4 is 131 Å². The zero-order valence-corrected chi connectivity index (χ0v) is 76.0. The van der Waals surface area contributed by atoms with Gasteiger partial charge in [0.1, 0.15) is 0 Å². The van der Waals surface area contributed by atoms with E-state index in [1.54, 1.807) is 12.4 Å². The molecule has 16 heterocycles. The van der Waals surface area contributed by atoms with Crippen molar-refractivity contribution < 1.29 is 0 Å². The molecular formula is C123H76N18. The average Bonchev–Trinajstić information content (AvgIpc) is 1.59. The van der Waals surface area contributed by atoms with Gasteiger partial charge in [-0.2, -0.15) is 0 Å². The van der Waals surface area contributed by atoms with Crippen LogP contribution in [0.2, 0.25) is 0 Å². The second kappa shape index (κ2) is 34.3. The van der Waals surface area contributed by atoms with Crippen LogP contribution in [0, 0.1) is 0 Å². The van der Waals surface area contributed by atoms with Crippen LogP contribution in [0.15, 0.2) is 426 Å². The Morgan fingerprint density at radius 2 is 0.468 bits per heavy atom. The summed E-state index contributed by atoms with van der Waals surface area (Å²) in [6, 6.07) is 123. The number of rotatable bonds is 11. The van der Waals surface area contributed by atoms with Gasteiger partial charge >= 0.3 is 0 Å². The maximum Gasteiger partial charge on any atom is 0.164 e. The number of benzene rings is 11. The van der Waals surface area contributed by atoms with Crippen LogP contribution in [0.1, 0.15) is 25.0 Å². The highest BCUT2D eigenvalue weighted by Crippen LogP contribution is 2.50. The second-order valence-corrected chi connectivity index (χ2v) is 35.6. The second-order valence-electron chi connectivity index (χ2n) is 35.6. The minimum absolute atomic E-state index is 0.161. The fourth-order valence-electron chi connectivity index (χ4n) is 20.0. The van der Waals surface area contributed by atoms with E-state index in [2.05, 4.69) is 310 Å². The molecule has 27 aromatic rings. The molecule has 0 fully saturated rings. The molecule has 0 aliphatic heterocycles. The molecule has 658 valence electrons. The molecule has 1 aliphatic rings. The maximum atomic E-state index is 5.33. The van der Waals surface area contributed by atoms with Crippen molar-refractivity contribution in [2.45, 2.75) is 19.3 Å². The summed E-state index contributed by atoms with van der Waals surface area (Å²) in [4.78, 5) is 87.8. The van der Waals surface area contributed by atoms with Gasteiger partial charge in [0, 0.05) is 172 Å². The molecule has 0 bridgehead atoms. The molecular weight excluding hydrogens is 1730 g/mol. The van der Waals surface area contributed by atoms with Gasteiger partial charge in [0.25, 0.3) is 0 Å². The molecule has 0 saturated heterocycles. The molecule has 1 aliphatic carbocycles. The molecule has 0 radical (unpaired) electrons. The van der Waals surface area contributed by atoms with Gasteiger partial charge in [-0.05, 0) is 171 Å². The van der Waals surface area contributed by atoms with Crippen LogP contribution in [-0.2, 0) is 5.41 Å². The number of pyridine rings is 15. The topological polar surface area (TPSA) is 232 Å². The predicted octanol–water partition coefficient (Wildman–Crippen LogP) is 28.7. The molecule has 0 atom stereocenters. The highest BCUT2D eigenvalue weighted by molar-refractivity contribution is 6.13. The van der Waals surface area contributed by atoms with Crippen molar-refractivity contribution in [2.24, 2.45) is 0 Å². The van der Waals surface area contributed by atoms with Gasteiger partial charge in [0.05, 0.1) is 106 Å². The lowest BCUT2D eigenvalue weighted by Crippen LogP contribution is -2.15. The lowest BCUT2D eigenvalue weighted by molar-refractivity contribution is 0.660. The van der Waals surface area contributed by atoms with Gasteiger partial charge in [0.15, 0.2) is 17.5 Å². The van der Waals surface area contributed by atoms with E-state index in [-0.39, 0.29) is 5.41 Å². The number of fused-ring (bicyclic) bond motifs is 21. The van der Waals surface area contributed by atoms with E-state index in [9.17, 15) is 0 Å². The molecule has 0 N–H and O–H groups in total. The Labute approximate surface area is 806 Å². The SMILES string of the molecule is CC1(C)c2ccccc2-c2ccc(-c3nc(-c4ccnc5c4ccc4cccnc45)nc(-c4ccnc5c4ccc4cccnc45)n3)cc21.c1ccc(-c2ccc(-c3cc(-c4ccc5ccc6cccnc6c5n4)nc(-c4ccc5ccc6cccnc6c5n4)c3)cc2)nc1.c1ccc(-c2ccc(-c3cc(-c4ccnc5c4ccc4cccnc45)nc(-c4ccnc5c4ccc4cccnc45)c3)cc2)cc1. The molecule has 0 saturated carbocycles. The number of hydrogen-bond donors (Lipinski definition) is 0. The summed E-state index contributed by atoms with van der Waals surface area (Å²) >= 11 is 0. The van der Waals surface area contributed by atoms with E-state index >= 15 is 0 Å². The van der Waals surface area contributed by atoms with E-state index in [1.165, 1.54) is 33.4 Å². The molecule has 18 heteroatoms. The molecule has 16 aromatic heterocycles. The predicted molar refractivity (Wildman–Crippen MR) is 567 cm³/mol. The summed E-state index contributed by atoms with van der Waals surface area (Å²) in [6.45, 7) is 4.57. The molecule has 0 unspecified atom stereocenters. The van der Waals surface area contributed by atoms with Crippen molar-refractivity contribution in [2.75, 3.05) is 0 Å². The summed E-state index contributed by atoms with van der Waals surface area (Å²) in [5, 5.41) is 12.2. The zero-order valence-electron chi connectivity index (χ0n) is 76.0. The van der Waals surface area contributed by atoms with Gasteiger partial charge in [-0.15, -0.1) is 0 Å².